The number of nitrogens with two attached hydrogens (primary N) is 1. The van der Waals surface area contributed by atoms with E-state index < -0.39 is 0 Å². The highest BCUT2D eigenvalue weighted by molar-refractivity contribution is 6.38. The van der Waals surface area contributed by atoms with Crippen LogP contribution < -0.4 is 15.5 Å². The molecule has 0 bridgehead atoms. The molecule has 1 unspecified atom stereocenters. The summed E-state index contributed by atoms with van der Waals surface area (Å²) >= 11 is 7.04. The van der Waals surface area contributed by atoms with Gasteiger partial charge in [0.1, 0.15) is 22.5 Å². The Kier molecular flexibility index (Phi) is 6.96. The first-order chi connectivity index (χ1) is 20.3. The number of piperidine rings is 1. The number of nitrogens with zero attached hydrogens (tertiary/aromatic N) is 8. The van der Waals surface area contributed by atoms with Crippen molar-refractivity contribution in [2.45, 2.75) is 64.3 Å². The summed E-state index contributed by atoms with van der Waals surface area (Å²) in [5.41, 5.74) is 11.7. The number of halogens is 1. The van der Waals surface area contributed by atoms with Crippen LogP contribution in [-0.2, 0) is 9.47 Å². The van der Waals surface area contributed by atoms with Crippen LogP contribution in [0.5, 0.6) is 0 Å². The SMILES string of the molecule is Cc1nc2c(-c3ccc4ncc(N(C)C)nc4c3Cl)nn(C3CCCCO3)c2nc1N1CCC2(CC1)CO[C@@H](C)[C@H]2N. The van der Waals surface area contributed by atoms with Crippen LogP contribution in [0.3, 0.4) is 0 Å². The predicted octanol–water partition coefficient (Wildman–Crippen LogP) is 4.50. The lowest BCUT2D eigenvalue weighted by molar-refractivity contribution is -0.0368. The second kappa shape index (κ2) is 10.6. The minimum absolute atomic E-state index is 0.0361. The molecule has 3 atom stereocenters. The van der Waals surface area contributed by atoms with Crippen molar-refractivity contribution in [2.24, 2.45) is 11.1 Å². The van der Waals surface area contributed by atoms with Crippen LogP contribution in [0.25, 0.3) is 33.5 Å². The number of ether oxygens (including phenoxy) is 2. The van der Waals surface area contributed by atoms with Gasteiger partial charge in [0.2, 0.25) is 0 Å². The van der Waals surface area contributed by atoms with Gasteiger partial charge in [0.25, 0.3) is 0 Å². The van der Waals surface area contributed by atoms with Crippen LogP contribution in [0.2, 0.25) is 5.02 Å². The lowest BCUT2D eigenvalue weighted by Gasteiger charge is -2.41. The number of fused-ring (bicyclic) bond motifs is 2. The summed E-state index contributed by atoms with van der Waals surface area (Å²) in [5.74, 6) is 1.61. The van der Waals surface area contributed by atoms with Crippen molar-refractivity contribution < 1.29 is 9.47 Å². The molecule has 0 saturated carbocycles. The van der Waals surface area contributed by atoms with E-state index in [0.29, 0.717) is 34.0 Å². The standard InChI is InChI=1S/C30H38ClN9O2/c1-17-28(39-12-10-30(11-13-39)16-42-18(2)27(30)32)36-29-26(34-17)24(37-40(29)22-7-5-6-14-41-22)19-8-9-20-25(23(19)31)35-21(15-33-20)38(3)4/h8-9,15,18,22,27H,5-7,10-14,16,32H2,1-4H3/t18-,22?,27+/m0/s1. The normalized spacial score (nSPS) is 24.2. The van der Waals surface area contributed by atoms with Crippen molar-refractivity contribution in [3.8, 4) is 11.3 Å². The Bertz CT molecular complexity index is 1640. The topological polar surface area (TPSA) is 120 Å². The van der Waals surface area contributed by atoms with Gasteiger partial charge in [0.15, 0.2) is 17.7 Å². The molecule has 12 heteroatoms. The van der Waals surface area contributed by atoms with Crippen LogP contribution >= 0.6 is 11.6 Å². The van der Waals surface area contributed by atoms with E-state index in [9.17, 15) is 0 Å². The fraction of sp³-hybridized carbons (Fsp3) is 0.567. The quantitative estimate of drug-likeness (QED) is 0.363. The molecule has 0 radical (unpaired) electrons. The van der Waals surface area contributed by atoms with Crippen molar-refractivity contribution in [1.82, 2.24) is 29.7 Å². The fourth-order valence-corrected chi connectivity index (χ4v) is 6.98. The lowest BCUT2D eigenvalue weighted by Crippen LogP contribution is -2.50. The second-order valence-electron chi connectivity index (χ2n) is 12.2. The summed E-state index contributed by atoms with van der Waals surface area (Å²) in [6.45, 7) is 7.24. The first kappa shape index (κ1) is 27.7. The van der Waals surface area contributed by atoms with Crippen LogP contribution in [0.1, 0.15) is 50.9 Å². The maximum atomic E-state index is 7.04. The molecule has 3 aliphatic heterocycles. The van der Waals surface area contributed by atoms with E-state index in [1.165, 1.54) is 0 Å². The highest BCUT2D eigenvalue weighted by Crippen LogP contribution is 2.43. The zero-order valence-electron chi connectivity index (χ0n) is 24.7. The third-order valence-electron chi connectivity index (χ3n) is 9.36. The van der Waals surface area contributed by atoms with Gasteiger partial charge in [-0.1, -0.05) is 11.6 Å². The number of hydrogen-bond donors (Lipinski definition) is 1. The Morgan fingerprint density at radius 3 is 2.57 bits per heavy atom. The fourth-order valence-electron chi connectivity index (χ4n) is 6.69. The molecule has 3 aliphatic rings. The van der Waals surface area contributed by atoms with Crippen molar-refractivity contribution in [3.63, 3.8) is 0 Å². The minimum Gasteiger partial charge on any atom is -0.376 e. The molecule has 3 fully saturated rings. The van der Waals surface area contributed by atoms with Crippen LogP contribution in [0, 0.1) is 12.3 Å². The summed E-state index contributed by atoms with van der Waals surface area (Å²) in [6, 6.07) is 3.94. The van der Waals surface area contributed by atoms with Gasteiger partial charge in [-0.3, -0.25) is 4.98 Å². The van der Waals surface area contributed by atoms with E-state index in [-0.39, 0.29) is 23.8 Å². The summed E-state index contributed by atoms with van der Waals surface area (Å²) in [6.07, 6.45) is 6.55. The van der Waals surface area contributed by atoms with Gasteiger partial charge >= 0.3 is 0 Å². The van der Waals surface area contributed by atoms with Gasteiger partial charge in [-0.05, 0) is 58.1 Å². The third-order valence-corrected chi connectivity index (χ3v) is 9.75. The summed E-state index contributed by atoms with van der Waals surface area (Å²) in [5, 5.41) is 5.58. The maximum Gasteiger partial charge on any atom is 0.182 e. The maximum absolute atomic E-state index is 7.04. The second-order valence-corrected chi connectivity index (χ2v) is 12.6. The molecule has 3 saturated heterocycles. The largest absolute Gasteiger partial charge is 0.376 e. The van der Waals surface area contributed by atoms with Gasteiger partial charge in [-0.25, -0.2) is 19.6 Å². The van der Waals surface area contributed by atoms with E-state index in [1.807, 2.05) is 42.7 Å². The highest BCUT2D eigenvalue weighted by Gasteiger charge is 2.47. The Morgan fingerprint density at radius 1 is 1.07 bits per heavy atom. The summed E-state index contributed by atoms with van der Waals surface area (Å²) in [7, 11) is 3.86. The van der Waals surface area contributed by atoms with E-state index in [0.717, 1.165) is 80.2 Å². The zero-order valence-corrected chi connectivity index (χ0v) is 25.4. The number of rotatable bonds is 4. The minimum atomic E-state index is -0.209. The molecular formula is C30H38ClN9O2. The van der Waals surface area contributed by atoms with Crippen molar-refractivity contribution in [2.75, 3.05) is 50.2 Å². The first-order valence-electron chi connectivity index (χ1n) is 14.9. The molecule has 0 amide bonds. The molecule has 222 valence electrons. The molecule has 6 heterocycles. The molecular weight excluding hydrogens is 554 g/mol. The number of aromatic nitrogens is 6. The smallest absolute Gasteiger partial charge is 0.182 e. The van der Waals surface area contributed by atoms with Crippen LogP contribution in [0.4, 0.5) is 11.6 Å². The molecule has 42 heavy (non-hydrogen) atoms. The third kappa shape index (κ3) is 4.49. The Hall–Kier alpha value is -3.12. The molecule has 1 spiro atoms. The molecule has 1 aromatic carbocycles. The highest BCUT2D eigenvalue weighted by atomic mass is 35.5. The average Bonchev–Trinajstić information content (AvgIpc) is 3.50. The Labute approximate surface area is 250 Å². The molecule has 0 aliphatic carbocycles. The van der Waals surface area contributed by atoms with E-state index in [4.69, 9.17) is 46.9 Å². The molecule has 7 rings (SSSR count). The number of hydrogen-bond acceptors (Lipinski definition) is 10. The molecule has 11 nitrogen and oxygen atoms in total. The lowest BCUT2D eigenvalue weighted by atomic mass is 9.73. The van der Waals surface area contributed by atoms with Crippen molar-refractivity contribution in [3.05, 3.63) is 29.0 Å². The summed E-state index contributed by atoms with van der Waals surface area (Å²) < 4.78 is 14.1. The van der Waals surface area contributed by atoms with Crippen molar-refractivity contribution in [1.29, 1.82) is 0 Å². The predicted molar refractivity (Wildman–Crippen MR) is 164 cm³/mol. The van der Waals surface area contributed by atoms with Gasteiger partial charge in [-0.2, -0.15) is 5.10 Å². The van der Waals surface area contributed by atoms with E-state index >= 15 is 0 Å². The monoisotopic (exact) mass is 591 g/mol. The van der Waals surface area contributed by atoms with Crippen molar-refractivity contribution >= 4 is 45.4 Å². The Morgan fingerprint density at radius 2 is 1.88 bits per heavy atom. The number of aryl methyl sites for hydroxylation is 1. The van der Waals surface area contributed by atoms with Crippen LogP contribution in [0.15, 0.2) is 18.3 Å². The average molecular weight is 592 g/mol. The summed E-state index contributed by atoms with van der Waals surface area (Å²) in [4.78, 5) is 24.0. The van der Waals surface area contributed by atoms with Gasteiger partial charge in [0.05, 0.1) is 35.1 Å². The van der Waals surface area contributed by atoms with Gasteiger partial charge in [-0.15, -0.1) is 0 Å². The zero-order chi connectivity index (χ0) is 29.2. The first-order valence-corrected chi connectivity index (χ1v) is 15.3. The van der Waals surface area contributed by atoms with Gasteiger partial charge < -0.3 is 25.0 Å². The van der Waals surface area contributed by atoms with Gasteiger partial charge in [0, 0.05) is 50.8 Å². The van der Waals surface area contributed by atoms with E-state index in [2.05, 4.69) is 16.8 Å². The Balaban J connectivity index is 1.32. The molecule has 3 aromatic heterocycles. The van der Waals surface area contributed by atoms with Crippen LogP contribution in [-0.4, -0.2) is 82.3 Å². The molecule has 2 N–H and O–H groups in total. The molecule has 4 aromatic rings. The number of benzene rings is 1. The van der Waals surface area contributed by atoms with E-state index in [1.54, 1.807) is 6.20 Å². The number of anilines is 2.